The van der Waals surface area contributed by atoms with Gasteiger partial charge in [-0.3, -0.25) is 8.37 Å². The van der Waals surface area contributed by atoms with Crippen LogP contribution in [-0.4, -0.2) is 56.0 Å². The molecular weight excluding hydrogens is 943 g/mol. The summed E-state index contributed by atoms with van der Waals surface area (Å²) in [5, 5.41) is 0. The van der Waals surface area contributed by atoms with Gasteiger partial charge in [0.05, 0.1) is 23.0 Å². The second-order valence-electron chi connectivity index (χ2n) is 15.8. The summed E-state index contributed by atoms with van der Waals surface area (Å²) < 4.78 is 133. The summed E-state index contributed by atoms with van der Waals surface area (Å²) in [4.78, 5) is -2.76. The van der Waals surface area contributed by atoms with Crippen LogP contribution in [0.25, 0.3) is 22.3 Å². The van der Waals surface area contributed by atoms with Gasteiger partial charge in [0.25, 0.3) is 20.2 Å². The van der Waals surface area contributed by atoms with Gasteiger partial charge in [0, 0.05) is 11.1 Å². The van der Waals surface area contributed by atoms with Gasteiger partial charge in [-0.25, -0.2) is 16.8 Å². The Bertz CT molecular complexity index is 2250. The molecule has 0 saturated carbocycles. The molecule has 0 unspecified atom stereocenters. The molecule has 356 valence electrons. The molecule has 18 heteroatoms. The molecule has 4 aromatic carbocycles. The van der Waals surface area contributed by atoms with E-state index in [1.54, 1.807) is 60.7 Å². The van der Waals surface area contributed by atoms with Crippen molar-refractivity contribution >= 4 is 40.5 Å². The molecule has 0 aliphatic carbocycles. The summed E-state index contributed by atoms with van der Waals surface area (Å²) in [7, 11) is -18.9. The van der Waals surface area contributed by atoms with E-state index in [1.165, 1.54) is 101 Å². The number of unbranched alkanes of at least 4 members (excludes halogenated alkanes) is 18. The van der Waals surface area contributed by atoms with Crippen LogP contribution in [-0.2, 0) is 48.8 Å². The van der Waals surface area contributed by atoms with E-state index < -0.39 is 60.1 Å². The van der Waals surface area contributed by atoms with Gasteiger partial charge < -0.3 is 9.11 Å². The van der Waals surface area contributed by atoms with E-state index in [2.05, 4.69) is 13.8 Å². The van der Waals surface area contributed by atoms with Gasteiger partial charge in [-0.1, -0.05) is 214 Å². The Morgan fingerprint density at radius 1 is 0.364 bits per heavy atom. The van der Waals surface area contributed by atoms with Crippen molar-refractivity contribution in [2.24, 2.45) is 0 Å². The first-order valence-corrected chi connectivity index (χ1v) is 28.3. The fourth-order valence-electron chi connectivity index (χ4n) is 7.27. The average molecular weight is 1010 g/mol. The van der Waals surface area contributed by atoms with Crippen molar-refractivity contribution < 1.29 is 110 Å². The Morgan fingerprint density at radius 2 is 0.636 bits per heavy atom. The Labute approximate surface area is 440 Å². The summed E-state index contributed by atoms with van der Waals surface area (Å²) in [6, 6.07) is 24.6. The van der Waals surface area contributed by atoms with Crippen molar-refractivity contribution in [1.29, 1.82) is 0 Å². The van der Waals surface area contributed by atoms with E-state index in [0.717, 1.165) is 50.7 Å². The van der Waals surface area contributed by atoms with Crippen LogP contribution in [0.3, 0.4) is 0 Å². The predicted molar refractivity (Wildman–Crippen MR) is 250 cm³/mol. The fraction of sp³-hybridized carbons (Fsp3) is 0.500. The van der Waals surface area contributed by atoms with E-state index in [-0.39, 0.29) is 83.5 Å². The predicted octanol–water partition coefficient (Wildman–Crippen LogP) is 5.78. The van der Waals surface area contributed by atoms with Gasteiger partial charge in [-0.15, -0.1) is 0 Å². The van der Waals surface area contributed by atoms with E-state index >= 15 is 0 Å². The number of rotatable bonds is 30. The first kappa shape index (κ1) is 62.5. The Kier molecular flexibility index (Phi) is 31.4. The minimum Gasteiger partial charge on any atom is -0.744 e. The molecule has 0 atom stereocenters. The summed E-state index contributed by atoms with van der Waals surface area (Å²) in [6.45, 7) is 4.28. The Balaban J connectivity index is 0.000000641. The van der Waals surface area contributed by atoms with Crippen molar-refractivity contribution in [2.75, 3.05) is 13.2 Å². The van der Waals surface area contributed by atoms with Gasteiger partial charge in [0.15, 0.2) is 0 Å². The monoisotopic (exact) mass is 1010 g/mol. The van der Waals surface area contributed by atoms with E-state index in [0.29, 0.717) is 24.0 Å². The van der Waals surface area contributed by atoms with Crippen molar-refractivity contribution in [1.82, 2.24) is 0 Å². The normalized spacial score (nSPS) is 11.8. The zero-order valence-electron chi connectivity index (χ0n) is 39.3. The summed E-state index contributed by atoms with van der Waals surface area (Å²) in [5.74, 6) is 0. The third-order valence-corrected chi connectivity index (χ3v) is 15.5. The van der Waals surface area contributed by atoms with Crippen molar-refractivity contribution in [3.05, 3.63) is 97.1 Å². The fourth-order valence-corrected chi connectivity index (χ4v) is 12.1. The smallest absolute Gasteiger partial charge is 0.744 e. The molecule has 0 spiro atoms. The largest absolute Gasteiger partial charge is 1.00 e. The quantitative estimate of drug-likeness (QED) is 0.0265. The molecule has 0 fully saturated rings. The molecule has 4 aromatic rings. The maximum absolute atomic E-state index is 12.9. The second-order valence-corrected chi connectivity index (χ2v) is 21.6. The Hall–Kier alpha value is -1.48. The van der Waals surface area contributed by atoms with Crippen LogP contribution < -0.4 is 59.1 Å². The van der Waals surface area contributed by atoms with Crippen molar-refractivity contribution in [3.8, 4) is 22.3 Å². The maximum Gasteiger partial charge on any atom is 1.00 e. The molecule has 0 bridgehead atoms. The van der Waals surface area contributed by atoms with E-state index in [4.69, 9.17) is 8.37 Å². The van der Waals surface area contributed by atoms with Crippen LogP contribution in [0.4, 0.5) is 0 Å². The summed E-state index contributed by atoms with van der Waals surface area (Å²) in [5.41, 5.74) is 1.23. The van der Waals surface area contributed by atoms with Crippen LogP contribution in [0.5, 0.6) is 0 Å². The van der Waals surface area contributed by atoms with Gasteiger partial charge in [0.2, 0.25) is 0 Å². The molecule has 0 saturated heterocycles. The van der Waals surface area contributed by atoms with Crippen LogP contribution in [0.2, 0.25) is 0 Å². The summed E-state index contributed by atoms with van der Waals surface area (Å²) >= 11 is 0. The number of benzene rings is 4. The molecule has 0 aromatic heterocycles. The molecule has 66 heavy (non-hydrogen) atoms. The van der Waals surface area contributed by atoms with Gasteiger partial charge in [-0.2, -0.15) is 16.8 Å². The van der Waals surface area contributed by atoms with Crippen molar-refractivity contribution in [2.45, 2.75) is 162 Å². The van der Waals surface area contributed by atoms with Gasteiger partial charge in [0.1, 0.15) is 30.0 Å². The molecule has 0 aliphatic rings. The van der Waals surface area contributed by atoms with E-state index in [9.17, 15) is 42.8 Å². The molecule has 0 heterocycles. The number of hydrogen-bond donors (Lipinski definition) is 0. The van der Waals surface area contributed by atoms with Gasteiger partial charge >= 0.3 is 59.1 Å². The van der Waals surface area contributed by atoms with Crippen LogP contribution in [0, 0.1) is 0 Å². The molecule has 4 rings (SSSR count). The SMILES string of the molecule is CCCCCCCCCCCCOS(=O)(=O)c1c(-c2ccccc2)cccc1S(=O)(=O)[O-].CCCCCCCCCCCCOS(=O)(=O)c1c(-c2ccccc2)cccc1S(=O)(=O)[O-].[Na+].[Na+]. The molecule has 0 N–H and O–H groups in total. The maximum atomic E-state index is 12.9. The second kappa shape index (κ2) is 33.2. The molecular formula is C48H66Na2O12S4. The topological polar surface area (TPSA) is 201 Å². The number of hydrogen-bond acceptors (Lipinski definition) is 12. The molecule has 12 nitrogen and oxygen atoms in total. The van der Waals surface area contributed by atoms with Crippen LogP contribution >= 0.6 is 0 Å². The summed E-state index contributed by atoms with van der Waals surface area (Å²) in [6.07, 6.45) is 21.9. The van der Waals surface area contributed by atoms with Crippen molar-refractivity contribution in [3.63, 3.8) is 0 Å². The molecule has 0 aliphatic heterocycles. The van der Waals surface area contributed by atoms with Crippen LogP contribution in [0.15, 0.2) is 117 Å². The average Bonchev–Trinajstić information content (AvgIpc) is 3.27. The van der Waals surface area contributed by atoms with Gasteiger partial charge in [-0.05, 0) is 36.1 Å². The zero-order valence-corrected chi connectivity index (χ0v) is 46.6. The Morgan fingerprint density at radius 3 is 0.909 bits per heavy atom. The molecule has 0 radical (unpaired) electrons. The molecule has 0 amide bonds. The first-order valence-electron chi connectivity index (χ1n) is 22.6. The minimum atomic E-state index is -5.01. The third kappa shape index (κ3) is 22.5. The standard InChI is InChI=1S/2C24H34O6S2.2Na/c2*1-2-3-4-5-6-7-8-9-10-14-20-30-32(28,29)24-22(21-16-12-11-13-17-21)18-15-19-23(24)31(25,26)27;;/h2*11-13,15-19H,2-10,14,20H2,1H3,(H,25,26,27);;/q;;2*+1/p-2. The zero-order chi connectivity index (χ0) is 46.9. The first-order chi connectivity index (χ1) is 30.5. The third-order valence-electron chi connectivity index (χ3n) is 10.6. The van der Waals surface area contributed by atoms with E-state index in [1.807, 2.05) is 0 Å². The minimum absolute atomic E-state index is 0. The van der Waals surface area contributed by atoms with Crippen LogP contribution in [0.1, 0.15) is 142 Å².